The number of piperidine rings is 2. The maximum Gasteiger partial charge on any atom is 0.295 e. The summed E-state index contributed by atoms with van der Waals surface area (Å²) < 4.78 is 32.2. The van der Waals surface area contributed by atoms with E-state index in [1.165, 1.54) is 93.4 Å². The van der Waals surface area contributed by atoms with Crippen LogP contribution in [0.25, 0.3) is 0 Å². The van der Waals surface area contributed by atoms with E-state index in [9.17, 15) is 38.4 Å². The van der Waals surface area contributed by atoms with E-state index >= 15 is 0 Å². The second kappa shape index (κ2) is 37.7. The smallest absolute Gasteiger partial charge is 0.295 e. The molecular weight excluding hydrogens is 1200 g/mol. The third-order valence-electron chi connectivity index (χ3n) is 16.9. The summed E-state index contributed by atoms with van der Waals surface area (Å²) >= 11 is 0. The fourth-order valence-corrected chi connectivity index (χ4v) is 12.0. The van der Waals surface area contributed by atoms with Gasteiger partial charge in [-0.2, -0.15) is 0 Å². The van der Waals surface area contributed by atoms with Crippen LogP contribution in [0.2, 0.25) is 0 Å². The number of unbranched alkanes of at least 4 members (excludes halogenated alkanes) is 2. The fourth-order valence-electron chi connectivity index (χ4n) is 12.0. The number of nitrogens with zero attached hydrogens (tertiary/aromatic N) is 2. The summed E-state index contributed by atoms with van der Waals surface area (Å²) in [6, 6.07) is 43.5. The average molecular weight is 1290 g/mol. The number of hydrogen-bond donors (Lipinski definition) is 4. The fraction of sp³-hybridized carbons (Fsp3) is 0.405. The van der Waals surface area contributed by atoms with Crippen molar-refractivity contribution in [3.63, 3.8) is 0 Å². The molecule has 0 aliphatic carbocycles. The van der Waals surface area contributed by atoms with Gasteiger partial charge in [-0.05, 0) is 136 Å². The van der Waals surface area contributed by atoms with Gasteiger partial charge in [-0.25, -0.2) is 0 Å². The lowest BCUT2D eigenvalue weighted by atomic mass is 9.86. The molecule has 0 bridgehead atoms. The number of methoxy groups -OCH3 is 6. The molecule has 4 atom stereocenters. The number of aryl methyl sites for hydroxylation is 4. The van der Waals surface area contributed by atoms with Crippen molar-refractivity contribution >= 4 is 47.0 Å². The highest BCUT2D eigenvalue weighted by Gasteiger charge is 2.46. The Balaban J connectivity index is 0.000000266. The van der Waals surface area contributed by atoms with Gasteiger partial charge in [0.05, 0.1) is 54.5 Å². The van der Waals surface area contributed by atoms with Gasteiger partial charge in [-0.3, -0.25) is 38.4 Å². The van der Waals surface area contributed by atoms with Crippen LogP contribution in [0, 0.1) is 11.8 Å². The number of Topliss-reactive ketones (excluding diaryl/α,β-unsaturated/α-hetero) is 2. The van der Waals surface area contributed by atoms with E-state index in [4.69, 9.17) is 28.4 Å². The SMILES string of the molecule is COc1cc(C(=O)C(=O)N2CCC[C@@H](C(=O)NCCCCc3ccccc3)[C@H]2C(=O)NCCCCc2ccccc2)cc(OC)c1OC.COc1cc(C(=O)C(=O)N2CCC[C@@H](C(=O)NCCCc3ccccc3)[C@H]2C(=O)NCCCc2ccccc2)cc(OC)c1OC. The molecule has 6 aromatic rings. The number of benzene rings is 6. The zero-order valence-electron chi connectivity index (χ0n) is 54.9. The third kappa shape index (κ3) is 20.1. The molecule has 20 heteroatoms. The number of amides is 6. The molecule has 2 saturated heterocycles. The van der Waals surface area contributed by atoms with E-state index in [0.717, 1.165) is 63.4 Å². The van der Waals surface area contributed by atoms with Crippen molar-refractivity contribution in [1.82, 2.24) is 31.1 Å². The zero-order valence-corrected chi connectivity index (χ0v) is 54.9. The van der Waals surface area contributed by atoms with E-state index < -0.39 is 59.1 Å². The molecule has 500 valence electrons. The number of ether oxygens (including phenoxy) is 6. The van der Waals surface area contributed by atoms with Crippen LogP contribution >= 0.6 is 0 Å². The van der Waals surface area contributed by atoms with Gasteiger partial charge in [0.25, 0.3) is 23.4 Å². The number of carbonyl (C=O) groups is 8. The summed E-state index contributed by atoms with van der Waals surface area (Å²) in [6.45, 7) is 1.95. The van der Waals surface area contributed by atoms with Crippen molar-refractivity contribution in [3.05, 3.63) is 179 Å². The van der Waals surface area contributed by atoms with Gasteiger partial charge < -0.3 is 59.5 Å². The van der Waals surface area contributed by atoms with Gasteiger partial charge in [0.2, 0.25) is 35.1 Å². The molecule has 0 aromatic heterocycles. The van der Waals surface area contributed by atoms with Gasteiger partial charge in [0.15, 0.2) is 23.0 Å². The molecule has 20 nitrogen and oxygen atoms in total. The summed E-state index contributed by atoms with van der Waals surface area (Å²) in [4.78, 5) is 112. The van der Waals surface area contributed by atoms with Crippen LogP contribution in [0.4, 0.5) is 0 Å². The van der Waals surface area contributed by atoms with Crippen molar-refractivity contribution in [2.45, 2.75) is 102 Å². The number of nitrogens with one attached hydrogen (secondary N) is 4. The zero-order chi connectivity index (χ0) is 67.2. The van der Waals surface area contributed by atoms with Crippen LogP contribution in [0.1, 0.15) is 107 Å². The van der Waals surface area contributed by atoms with Crippen LogP contribution in [0.5, 0.6) is 34.5 Å². The van der Waals surface area contributed by atoms with Crippen molar-refractivity contribution in [2.75, 3.05) is 81.9 Å². The molecule has 6 amide bonds. The molecule has 0 unspecified atom stereocenters. The molecule has 94 heavy (non-hydrogen) atoms. The number of likely N-dealkylation sites (tertiary alicyclic amines) is 2. The molecule has 2 aliphatic heterocycles. The predicted octanol–water partition coefficient (Wildman–Crippen LogP) is 8.78. The molecule has 0 saturated carbocycles. The Bertz CT molecular complexity index is 3400. The average Bonchev–Trinajstić information content (AvgIpc) is 0.809. The molecule has 2 heterocycles. The van der Waals surface area contributed by atoms with Gasteiger partial charge in [0, 0.05) is 50.4 Å². The van der Waals surface area contributed by atoms with E-state index in [2.05, 4.69) is 45.5 Å². The lowest BCUT2D eigenvalue weighted by molar-refractivity contribution is -0.146. The first-order chi connectivity index (χ1) is 45.7. The first kappa shape index (κ1) is 71.7. The second-order valence-electron chi connectivity index (χ2n) is 23.1. The minimum absolute atomic E-state index is 0.0222. The normalized spacial score (nSPS) is 15.8. The van der Waals surface area contributed by atoms with Crippen LogP contribution in [-0.4, -0.2) is 151 Å². The van der Waals surface area contributed by atoms with E-state index in [1.54, 1.807) is 0 Å². The van der Waals surface area contributed by atoms with E-state index in [0.29, 0.717) is 58.3 Å². The molecule has 0 radical (unpaired) electrons. The van der Waals surface area contributed by atoms with Crippen LogP contribution in [-0.2, 0) is 54.5 Å². The quantitative estimate of drug-likeness (QED) is 0.0175. The number of hydrogen-bond acceptors (Lipinski definition) is 14. The molecular formula is C74H90N6O14. The van der Waals surface area contributed by atoms with Crippen LogP contribution in [0.15, 0.2) is 146 Å². The Labute approximate surface area is 551 Å². The number of carbonyl (C=O) groups excluding carboxylic acids is 8. The highest BCUT2D eigenvalue weighted by Crippen LogP contribution is 2.40. The Hall–Kier alpha value is -9.72. The van der Waals surface area contributed by atoms with Crippen LogP contribution in [0.3, 0.4) is 0 Å². The molecule has 6 aromatic carbocycles. The minimum Gasteiger partial charge on any atom is -0.493 e. The Morgan fingerprint density at radius 1 is 0.362 bits per heavy atom. The first-order valence-electron chi connectivity index (χ1n) is 32.3. The van der Waals surface area contributed by atoms with Crippen molar-refractivity contribution < 1.29 is 66.8 Å². The summed E-state index contributed by atoms with van der Waals surface area (Å²) in [5.74, 6) is -5.08. The maximum atomic E-state index is 13.9. The van der Waals surface area contributed by atoms with Crippen molar-refractivity contribution in [1.29, 1.82) is 0 Å². The van der Waals surface area contributed by atoms with Crippen LogP contribution < -0.4 is 49.7 Å². The Kier molecular flexibility index (Phi) is 28.8. The van der Waals surface area contributed by atoms with Gasteiger partial charge in [-0.15, -0.1) is 0 Å². The maximum absolute atomic E-state index is 13.9. The van der Waals surface area contributed by atoms with E-state index in [1.807, 2.05) is 97.1 Å². The Morgan fingerprint density at radius 3 is 0.926 bits per heavy atom. The number of rotatable bonds is 32. The lowest BCUT2D eigenvalue weighted by Gasteiger charge is -2.39. The standard InChI is InChI=1S/C38H47N3O7.C36H43N3O7/c1-46-31-25-29(26-32(47-2)35(31)48-3)34(42)38(45)41-24-14-21-30(36(43)39-22-12-10-19-27-15-6-4-7-16-27)33(41)37(44)40-23-13-11-20-28-17-8-5-9-18-28;1-44-29-23-27(24-30(45-2)33(29)46-3)32(40)36(43)39-22-12-19-28(34(41)37-20-10-17-25-13-6-4-7-14-25)31(39)35(42)38-21-11-18-26-15-8-5-9-16-26/h4-9,15-18,25-26,30,33H,10-14,19-24H2,1-3H3,(H,39,43)(H,40,44);4-9,13-16,23-24,28,31H,10-12,17-22H2,1-3H3,(H,37,41)(H,38,42)/t30-,33+;28-,31+/m11/s1. The summed E-state index contributed by atoms with van der Waals surface area (Å²) in [7, 11) is 8.56. The van der Waals surface area contributed by atoms with Gasteiger partial charge >= 0.3 is 0 Å². The minimum atomic E-state index is -1.14. The summed E-state index contributed by atoms with van der Waals surface area (Å²) in [5, 5.41) is 11.8. The highest BCUT2D eigenvalue weighted by atomic mass is 16.5. The topological polar surface area (TPSA) is 247 Å². The van der Waals surface area contributed by atoms with Crippen molar-refractivity contribution in [2.24, 2.45) is 11.8 Å². The first-order valence-corrected chi connectivity index (χ1v) is 32.3. The monoisotopic (exact) mass is 1290 g/mol. The van der Waals surface area contributed by atoms with Gasteiger partial charge in [-0.1, -0.05) is 121 Å². The summed E-state index contributed by atoms with van der Waals surface area (Å²) in [6.07, 6.45) is 9.78. The van der Waals surface area contributed by atoms with E-state index in [-0.39, 0.29) is 70.5 Å². The number of ketones is 2. The largest absolute Gasteiger partial charge is 0.493 e. The highest BCUT2D eigenvalue weighted by molar-refractivity contribution is 6.44. The Morgan fingerprint density at radius 2 is 0.638 bits per heavy atom. The van der Waals surface area contributed by atoms with Crippen molar-refractivity contribution in [3.8, 4) is 34.5 Å². The van der Waals surface area contributed by atoms with Gasteiger partial charge in [0.1, 0.15) is 12.1 Å². The molecule has 2 aliphatic rings. The molecule has 8 rings (SSSR count). The second-order valence-corrected chi connectivity index (χ2v) is 23.1. The molecule has 0 spiro atoms. The molecule has 4 N–H and O–H groups in total. The predicted molar refractivity (Wildman–Crippen MR) is 358 cm³/mol. The summed E-state index contributed by atoms with van der Waals surface area (Å²) in [5.41, 5.74) is 4.83. The third-order valence-corrected chi connectivity index (χ3v) is 16.9. The lowest BCUT2D eigenvalue weighted by Crippen LogP contribution is -2.60. The molecule has 2 fully saturated rings.